The average Bonchev–Trinajstić information content (AvgIpc) is 2.74. The summed E-state index contributed by atoms with van der Waals surface area (Å²) in [6.45, 7) is 1.95. The van der Waals surface area contributed by atoms with Gasteiger partial charge < -0.3 is 4.74 Å². The van der Waals surface area contributed by atoms with Crippen LogP contribution in [0.4, 0.5) is 0 Å². The Hall–Kier alpha value is -1.16. The van der Waals surface area contributed by atoms with Crippen LogP contribution < -0.4 is 0 Å². The molecular weight excluding hydrogens is 234 g/mol. The summed E-state index contributed by atoms with van der Waals surface area (Å²) in [7, 11) is 0. The highest BCUT2D eigenvalue weighted by Crippen LogP contribution is 2.20. The number of thiazole rings is 1. The molecular formula is C13H17NO2S. The van der Waals surface area contributed by atoms with Gasteiger partial charge in [-0.3, -0.25) is 0 Å². The standard InChI is InChI=1S/C13H17NO2S/c1-10-14-11(9-17-10)7-8-13(15)16-12-5-3-2-4-6-12/h7-9,12H,2-6H2,1H3/b8-7+. The number of aromatic nitrogens is 1. The average molecular weight is 251 g/mol. The van der Waals surface area contributed by atoms with E-state index in [1.807, 2.05) is 12.3 Å². The highest BCUT2D eigenvalue weighted by molar-refractivity contribution is 7.09. The second-order valence-electron chi connectivity index (χ2n) is 4.32. The van der Waals surface area contributed by atoms with Crippen molar-refractivity contribution in [3.63, 3.8) is 0 Å². The third kappa shape index (κ3) is 3.97. The van der Waals surface area contributed by atoms with Gasteiger partial charge in [-0.15, -0.1) is 11.3 Å². The van der Waals surface area contributed by atoms with Gasteiger partial charge in [-0.1, -0.05) is 6.42 Å². The van der Waals surface area contributed by atoms with E-state index in [0.717, 1.165) is 23.5 Å². The second-order valence-corrected chi connectivity index (χ2v) is 5.38. The predicted octanol–water partition coefficient (Wildman–Crippen LogP) is 3.34. The van der Waals surface area contributed by atoms with Crippen molar-refractivity contribution in [2.75, 3.05) is 0 Å². The molecule has 3 nitrogen and oxygen atoms in total. The lowest BCUT2D eigenvalue weighted by molar-refractivity contribution is -0.144. The SMILES string of the molecule is Cc1nc(/C=C/C(=O)OC2CCCCC2)cs1. The fraction of sp³-hybridized carbons (Fsp3) is 0.538. The van der Waals surface area contributed by atoms with E-state index in [0.29, 0.717) is 0 Å². The van der Waals surface area contributed by atoms with Gasteiger partial charge in [0.25, 0.3) is 0 Å². The highest BCUT2D eigenvalue weighted by Gasteiger charge is 2.16. The third-order valence-electron chi connectivity index (χ3n) is 2.86. The third-order valence-corrected chi connectivity index (χ3v) is 3.65. The van der Waals surface area contributed by atoms with Gasteiger partial charge in [0.05, 0.1) is 10.7 Å². The zero-order chi connectivity index (χ0) is 12.1. The maximum Gasteiger partial charge on any atom is 0.331 e. The number of rotatable bonds is 3. The summed E-state index contributed by atoms with van der Waals surface area (Å²) in [5.41, 5.74) is 0.827. The molecule has 0 amide bonds. The van der Waals surface area contributed by atoms with Crippen molar-refractivity contribution in [3.8, 4) is 0 Å². The Morgan fingerprint density at radius 1 is 1.47 bits per heavy atom. The molecule has 2 rings (SSSR count). The molecule has 0 aromatic carbocycles. The molecule has 92 valence electrons. The van der Waals surface area contributed by atoms with Crippen LogP contribution >= 0.6 is 11.3 Å². The molecule has 0 spiro atoms. The molecule has 1 aromatic rings. The summed E-state index contributed by atoms with van der Waals surface area (Å²) >= 11 is 1.58. The summed E-state index contributed by atoms with van der Waals surface area (Å²) in [6, 6.07) is 0. The number of aryl methyl sites for hydroxylation is 1. The number of esters is 1. The lowest BCUT2D eigenvalue weighted by Gasteiger charge is -2.20. The van der Waals surface area contributed by atoms with E-state index in [4.69, 9.17) is 4.74 Å². The van der Waals surface area contributed by atoms with Gasteiger partial charge in [0.2, 0.25) is 0 Å². The summed E-state index contributed by atoms with van der Waals surface area (Å²) in [5.74, 6) is -0.248. The number of nitrogens with zero attached hydrogens (tertiary/aromatic N) is 1. The fourth-order valence-corrected chi connectivity index (χ4v) is 2.58. The molecule has 4 heteroatoms. The van der Waals surface area contributed by atoms with Gasteiger partial charge in [0.15, 0.2) is 0 Å². The Kier molecular flexibility index (Phi) is 4.31. The molecule has 0 atom stereocenters. The lowest BCUT2D eigenvalue weighted by Crippen LogP contribution is -2.19. The molecule has 1 fully saturated rings. The molecule has 0 N–H and O–H groups in total. The van der Waals surface area contributed by atoms with Gasteiger partial charge in [-0.2, -0.15) is 0 Å². The second kappa shape index (κ2) is 5.96. The van der Waals surface area contributed by atoms with E-state index in [1.54, 1.807) is 17.4 Å². The molecule has 0 aliphatic heterocycles. The van der Waals surface area contributed by atoms with Gasteiger partial charge >= 0.3 is 5.97 Å². The fourth-order valence-electron chi connectivity index (χ4n) is 2.00. The zero-order valence-corrected chi connectivity index (χ0v) is 10.8. The van der Waals surface area contributed by atoms with Gasteiger partial charge in [0, 0.05) is 11.5 Å². The molecule has 1 saturated carbocycles. The van der Waals surface area contributed by atoms with Crippen LogP contribution in [0.5, 0.6) is 0 Å². The van der Waals surface area contributed by atoms with Crippen molar-refractivity contribution in [1.82, 2.24) is 4.98 Å². The van der Waals surface area contributed by atoms with Crippen LogP contribution in [-0.4, -0.2) is 17.1 Å². The quantitative estimate of drug-likeness (QED) is 0.611. The van der Waals surface area contributed by atoms with Gasteiger partial charge in [0.1, 0.15) is 6.10 Å². The first-order valence-electron chi connectivity index (χ1n) is 6.05. The van der Waals surface area contributed by atoms with Crippen LogP contribution in [0.15, 0.2) is 11.5 Å². The summed E-state index contributed by atoms with van der Waals surface area (Å²) < 4.78 is 5.37. The van der Waals surface area contributed by atoms with E-state index in [9.17, 15) is 4.79 Å². The molecule has 0 radical (unpaired) electrons. The van der Waals surface area contributed by atoms with Crippen LogP contribution in [0.2, 0.25) is 0 Å². The van der Waals surface area contributed by atoms with E-state index in [2.05, 4.69) is 4.98 Å². The van der Waals surface area contributed by atoms with Crippen LogP contribution in [-0.2, 0) is 9.53 Å². The minimum atomic E-state index is -0.248. The van der Waals surface area contributed by atoms with E-state index in [1.165, 1.54) is 25.3 Å². The Morgan fingerprint density at radius 3 is 2.88 bits per heavy atom. The molecule has 0 saturated heterocycles. The monoisotopic (exact) mass is 251 g/mol. The number of carbonyl (C=O) groups excluding carboxylic acids is 1. The van der Waals surface area contributed by atoms with Gasteiger partial charge in [-0.25, -0.2) is 9.78 Å². The Labute approximate surface area is 106 Å². The predicted molar refractivity (Wildman–Crippen MR) is 68.9 cm³/mol. The Bertz CT molecular complexity index is 405. The number of hydrogen-bond acceptors (Lipinski definition) is 4. The maximum atomic E-state index is 11.6. The Morgan fingerprint density at radius 2 is 2.24 bits per heavy atom. The molecule has 0 unspecified atom stereocenters. The number of hydrogen-bond donors (Lipinski definition) is 0. The van der Waals surface area contributed by atoms with E-state index in [-0.39, 0.29) is 12.1 Å². The lowest BCUT2D eigenvalue weighted by atomic mass is 9.98. The summed E-state index contributed by atoms with van der Waals surface area (Å²) in [4.78, 5) is 15.8. The molecule has 17 heavy (non-hydrogen) atoms. The van der Waals surface area contributed by atoms with Crippen molar-refractivity contribution in [2.24, 2.45) is 0 Å². The minimum Gasteiger partial charge on any atom is -0.459 e. The number of ether oxygens (including phenoxy) is 1. The van der Waals surface area contributed by atoms with E-state index < -0.39 is 0 Å². The maximum absolute atomic E-state index is 11.6. The van der Waals surface area contributed by atoms with Crippen LogP contribution in [0, 0.1) is 6.92 Å². The minimum absolute atomic E-state index is 0.123. The van der Waals surface area contributed by atoms with Crippen LogP contribution in [0.3, 0.4) is 0 Å². The van der Waals surface area contributed by atoms with Crippen molar-refractivity contribution in [2.45, 2.75) is 45.1 Å². The molecule has 1 aliphatic rings. The van der Waals surface area contributed by atoms with Gasteiger partial charge in [-0.05, 0) is 38.7 Å². The van der Waals surface area contributed by atoms with Crippen LogP contribution in [0.1, 0.15) is 42.8 Å². The number of carbonyl (C=O) groups is 1. The first-order valence-corrected chi connectivity index (χ1v) is 6.93. The molecule has 1 aromatic heterocycles. The summed E-state index contributed by atoms with van der Waals surface area (Å²) in [6.07, 6.45) is 8.95. The molecule has 1 aliphatic carbocycles. The Balaban J connectivity index is 1.82. The molecule has 0 bridgehead atoms. The normalized spacial score (nSPS) is 17.5. The molecule has 1 heterocycles. The topological polar surface area (TPSA) is 39.2 Å². The first kappa shape index (κ1) is 12.3. The van der Waals surface area contributed by atoms with Crippen molar-refractivity contribution in [3.05, 3.63) is 22.2 Å². The van der Waals surface area contributed by atoms with Crippen LogP contribution in [0.25, 0.3) is 6.08 Å². The van der Waals surface area contributed by atoms with Crippen molar-refractivity contribution >= 4 is 23.4 Å². The highest BCUT2D eigenvalue weighted by atomic mass is 32.1. The van der Waals surface area contributed by atoms with E-state index >= 15 is 0 Å². The van der Waals surface area contributed by atoms with Crippen molar-refractivity contribution < 1.29 is 9.53 Å². The van der Waals surface area contributed by atoms with Crippen molar-refractivity contribution in [1.29, 1.82) is 0 Å². The largest absolute Gasteiger partial charge is 0.459 e. The zero-order valence-electron chi connectivity index (χ0n) is 10.0. The smallest absolute Gasteiger partial charge is 0.331 e. The first-order chi connectivity index (χ1) is 8.24. The summed E-state index contributed by atoms with van der Waals surface area (Å²) in [5, 5.41) is 2.94.